The van der Waals surface area contributed by atoms with E-state index in [9.17, 15) is 0 Å². The van der Waals surface area contributed by atoms with E-state index < -0.39 is 0 Å². The number of rotatable bonds is 2. The normalized spacial score (nSPS) is 13.2. The molecule has 0 N–H and O–H groups in total. The molecule has 0 radical (unpaired) electrons. The molecule has 3 aromatic rings. The van der Waals surface area contributed by atoms with Gasteiger partial charge in [-0.2, -0.15) is 4.99 Å². The maximum absolute atomic E-state index is 6.03. The number of aliphatic imine (C=N–C) groups is 2. The Morgan fingerprint density at radius 3 is 2.17 bits per heavy atom. The van der Waals surface area contributed by atoms with Crippen molar-refractivity contribution in [1.29, 1.82) is 0 Å². The fraction of sp³-hybridized carbons (Fsp3) is 0. The Bertz CT molecular complexity index is 931. The number of nitrogens with zero attached hydrogens (tertiary/aromatic N) is 2. The van der Waals surface area contributed by atoms with E-state index in [0.717, 1.165) is 16.8 Å². The van der Waals surface area contributed by atoms with Crippen LogP contribution in [0.5, 0.6) is 5.75 Å². The second-order valence-corrected chi connectivity index (χ2v) is 5.73. The molecule has 116 valence electrons. The standard InChI is InChI=1S/C20H13ClN2O/c21-16-12-10-14(11-13-16)19-22-17-8-4-5-9-18(17)24-20(23-19)15-6-2-1-3-7-15/h1-13H. The topological polar surface area (TPSA) is 34.0 Å². The van der Waals surface area contributed by atoms with E-state index in [1.165, 1.54) is 0 Å². The molecule has 3 aromatic carbocycles. The highest BCUT2D eigenvalue weighted by molar-refractivity contribution is 6.30. The van der Waals surface area contributed by atoms with Gasteiger partial charge in [-0.3, -0.25) is 0 Å². The third kappa shape index (κ3) is 2.94. The van der Waals surface area contributed by atoms with Gasteiger partial charge in [0.15, 0.2) is 11.6 Å². The molecular formula is C20H13ClN2O. The maximum atomic E-state index is 6.03. The van der Waals surface area contributed by atoms with E-state index in [2.05, 4.69) is 9.98 Å². The predicted octanol–water partition coefficient (Wildman–Crippen LogP) is 5.26. The molecule has 0 aliphatic carbocycles. The summed E-state index contributed by atoms with van der Waals surface area (Å²) in [5.74, 6) is 1.80. The van der Waals surface area contributed by atoms with Gasteiger partial charge < -0.3 is 4.74 Å². The van der Waals surface area contributed by atoms with Crippen molar-refractivity contribution in [2.45, 2.75) is 0 Å². The highest BCUT2D eigenvalue weighted by Gasteiger charge is 2.16. The van der Waals surface area contributed by atoms with Gasteiger partial charge in [-0.1, -0.05) is 41.9 Å². The van der Waals surface area contributed by atoms with Gasteiger partial charge in [-0.05, 0) is 48.5 Å². The molecule has 0 bridgehead atoms. The van der Waals surface area contributed by atoms with Crippen molar-refractivity contribution >= 4 is 29.0 Å². The Balaban J connectivity index is 1.88. The summed E-state index contributed by atoms with van der Waals surface area (Å²) in [4.78, 5) is 9.34. The van der Waals surface area contributed by atoms with Crippen molar-refractivity contribution in [3.05, 3.63) is 95.0 Å². The van der Waals surface area contributed by atoms with Crippen molar-refractivity contribution in [2.75, 3.05) is 0 Å². The molecule has 0 amide bonds. The van der Waals surface area contributed by atoms with Crippen LogP contribution in [-0.4, -0.2) is 11.7 Å². The molecule has 1 aliphatic heterocycles. The third-order valence-corrected chi connectivity index (χ3v) is 3.88. The molecule has 0 aromatic heterocycles. The van der Waals surface area contributed by atoms with Gasteiger partial charge in [0, 0.05) is 16.1 Å². The minimum absolute atomic E-state index is 0.522. The summed E-state index contributed by atoms with van der Waals surface area (Å²) in [7, 11) is 0. The zero-order chi connectivity index (χ0) is 16.4. The molecule has 1 heterocycles. The van der Waals surface area contributed by atoms with Gasteiger partial charge in [0.25, 0.3) is 0 Å². The zero-order valence-corrected chi connectivity index (χ0v) is 13.4. The molecule has 0 atom stereocenters. The smallest absolute Gasteiger partial charge is 0.228 e. The van der Waals surface area contributed by atoms with Crippen LogP contribution in [0.4, 0.5) is 5.69 Å². The lowest BCUT2D eigenvalue weighted by Crippen LogP contribution is -2.12. The van der Waals surface area contributed by atoms with Gasteiger partial charge in [-0.25, -0.2) is 4.99 Å². The summed E-state index contributed by atoms with van der Waals surface area (Å²) in [6, 6.07) is 24.9. The van der Waals surface area contributed by atoms with Crippen LogP contribution in [-0.2, 0) is 0 Å². The van der Waals surface area contributed by atoms with Crippen molar-refractivity contribution < 1.29 is 4.74 Å². The van der Waals surface area contributed by atoms with Crippen LogP contribution in [0.3, 0.4) is 0 Å². The molecule has 4 heteroatoms. The second-order valence-electron chi connectivity index (χ2n) is 5.30. The number of benzene rings is 3. The maximum Gasteiger partial charge on any atom is 0.228 e. The highest BCUT2D eigenvalue weighted by atomic mass is 35.5. The number of para-hydroxylation sites is 2. The quantitative estimate of drug-likeness (QED) is 0.630. The Labute approximate surface area is 144 Å². The molecule has 4 rings (SSSR count). The van der Waals surface area contributed by atoms with Crippen molar-refractivity contribution in [3.63, 3.8) is 0 Å². The lowest BCUT2D eigenvalue weighted by Gasteiger charge is -2.08. The number of hydrogen-bond acceptors (Lipinski definition) is 3. The Hall–Kier alpha value is -2.91. The van der Waals surface area contributed by atoms with Gasteiger partial charge in [0.2, 0.25) is 5.90 Å². The summed E-state index contributed by atoms with van der Waals surface area (Å²) >= 11 is 5.99. The zero-order valence-electron chi connectivity index (χ0n) is 12.7. The molecule has 0 fully saturated rings. The Morgan fingerprint density at radius 1 is 0.667 bits per heavy atom. The molecule has 0 spiro atoms. The predicted molar refractivity (Wildman–Crippen MR) is 97.7 cm³/mol. The minimum atomic E-state index is 0.522. The third-order valence-electron chi connectivity index (χ3n) is 3.63. The minimum Gasteiger partial charge on any atom is -0.436 e. The second kappa shape index (κ2) is 6.30. The number of ether oxygens (including phenoxy) is 1. The lowest BCUT2D eigenvalue weighted by molar-refractivity contribution is 0.557. The van der Waals surface area contributed by atoms with E-state index in [4.69, 9.17) is 16.3 Å². The fourth-order valence-electron chi connectivity index (χ4n) is 2.43. The van der Waals surface area contributed by atoms with Crippen LogP contribution >= 0.6 is 11.6 Å². The molecule has 3 nitrogen and oxygen atoms in total. The summed E-state index contributed by atoms with van der Waals surface area (Å²) in [5, 5.41) is 0.678. The van der Waals surface area contributed by atoms with Crippen LogP contribution in [0.25, 0.3) is 0 Å². The first-order chi connectivity index (χ1) is 11.8. The molecule has 1 aliphatic rings. The largest absolute Gasteiger partial charge is 0.436 e. The lowest BCUT2D eigenvalue weighted by atomic mass is 10.2. The fourth-order valence-corrected chi connectivity index (χ4v) is 2.56. The molecule has 0 saturated heterocycles. The van der Waals surface area contributed by atoms with Crippen molar-refractivity contribution in [2.24, 2.45) is 9.98 Å². The van der Waals surface area contributed by atoms with Gasteiger partial charge in [0.05, 0.1) is 0 Å². The van der Waals surface area contributed by atoms with Crippen LogP contribution in [0, 0.1) is 0 Å². The van der Waals surface area contributed by atoms with E-state index >= 15 is 0 Å². The van der Waals surface area contributed by atoms with Crippen LogP contribution in [0.15, 0.2) is 88.8 Å². The number of amidine groups is 1. The first-order valence-corrected chi connectivity index (χ1v) is 7.93. The number of hydrogen-bond donors (Lipinski definition) is 0. The molecule has 0 unspecified atom stereocenters. The number of halogens is 1. The SMILES string of the molecule is Clc1ccc(C2=Nc3ccccc3OC(c3ccccc3)=N2)cc1. The van der Waals surface area contributed by atoms with Gasteiger partial charge in [0.1, 0.15) is 5.69 Å². The van der Waals surface area contributed by atoms with Gasteiger partial charge >= 0.3 is 0 Å². The van der Waals surface area contributed by atoms with Crippen LogP contribution < -0.4 is 4.74 Å². The molecule has 24 heavy (non-hydrogen) atoms. The summed E-state index contributed by atoms with van der Waals surface area (Å²) in [5.41, 5.74) is 2.53. The van der Waals surface area contributed by atoms with E-state index in [1.807, 2.05) is 78.9 Å². The summed E-state index contributed by atoms with van der Waals surface area (Å²) in [6.45, 7) is 0. The first kappa shape index (κ1) is 14.7. The van der Waals surface area contributed by atoms with Crippen LogP contribution in [0.1, 0.15) is 11.1 Å². The van der Waals surface area contributed by atoms with E-state index in [0.29, 0.717) is 22.5 Å². The Morgan fingerprint density at radius 2 is 1.38 bits per heavy atom. The number of fused-ring (bicyclic) bond motifs is 1. The van der Waals surface area contributed by atoms with E-state index in [1.54, 1.807) is 0 Å². The van der Waals surface area contributed by atoms with Crippen molar-refractivity contribution in [3.8, 4) is 5.75 Å². The highest BCUT2D eigenvalue weighted by Crippen LogP contribution is 2.31. The summed E-state index contributed by atoms with van der Waals surface area (Å²) < 4.78 is 6.03. The average Bonchev–Trinajstić information content (AvgIpc) is 2.83. The molecular weight excluding hydrogens is 320 g/mol. The summed E-state index contributed by atoms with van der Waals surface area (Å²) in [6.07, 6.45) is 0. The first-order valence-electron chi connectivity index (χ1n) is 7.55. The van der Waals surface area contributed by atoms with E-state index in [-0.39, 0.29) is 0 Å². The molecule has 0 saturated carbocycles. The average molecular weight is 333 g/mol. The van der Waals surface area contributed by atoms with Crippen LogP contribution in [0.2, 0.25) is 5.02 Å². The monoisotopic (exact) mass is 332 g/mol. The Kier molecular flexibility index (Phi) is 3.85. The van der Waals surface area contributed by atoms with Gasteiger partial charge in [-0.15, -0.1) is 0 Å². The van der Waals surface area contributed by atoms with Crippen molar-refractivity contribution in [1.82, 2.24) is 0 Å².